The Morgan fingerprint density at radius 3 is 2.12 bits per heavy atom. The van der Waals surface area contributed by atoms with Crippen LogP contribution in [0.4, 0.5) is 4.79 Å². The van der Waals surface area contributed by atoms with Gasteiger partial charge in [-0.2, -0.15) is 0 Å². The lowest BCUT2D eigenvalue weighted by Crippen LogP contribution is -2.49. The van der Waals surface area contributed by atoms with Gasteiger partial charge in [0.2, 0.25) is 0 Å². The first-order valence-corrected chi connectivity index (χ1v) is 11.8. The number of benzene rings is 2. The van der Waals surface area contributed by atoms with Crippen LogP contribution in [0, 0.1) is 5.41 Å². The maximum atomic E-state index is 13.5. The molecule has 1 N–H and O–H groups in total. The molecule has 0 radical (unpaired) electrons. The predicted molar refractivity (Wildman–Crippen MR) is 125 cm³/mol. The van der Waals surface area contributed by atoms with E-state index < -0.39 is 39.5 Å². The van der Waals surface area contributed by atoms with E-state index in [-0.39, 0.29) is 4.90 Å². The van der Waals surface area contributed by atoms with Crippen LogP contribution in [0.2, 0.25) is 0 Å². The van der Waals surface area contributed by atoms with Crippen LogP contribution >= 0.6 is 0 Å². The summed E-state index contributed by atoms with van der Waals surface area (Å²) in [6.45, 7) is 5.72. The number of carbonyl (C=O) groups excluding carboxylic acids is 2. The van der Waals surface area contributed by atoms with Gasteiger partial charge in [0.25, 0.3) is 10.0 Å². The zero-order chi connectivity index (χ0) is 24.4. The van der Waals surface area contributed by atoms with Gasteiger partial charge in [0, 0.05) is 17.5 Å². The van der Waals surface area contributed by atoms with E-state index >= 15 is 0 Å². The van der Waals surface area contributed by atoms with Crippen LogP contribution < -0.4 is 5.32 Å². The fourth-order valence-electron chi connectivity index (χ4n) is 4.07. The van der Waals surface area contributed by atoms with E-state index in [1.165, 1.54) is 36.5 Å². The van der Waals surface area contributed by atoms with E-state index in [9.17, 15) is 18.0 Å². The third-order valence-electron chi connectivity index (χ3n) is 5.52. The summed E-state index contributed by atoms with van der Waals surface area (Å²) in [5.41, 5.74) is 0.474. The molecule has 3 aromatic rings. The molecule has 1 amide bonds. The Morgan fingerprint density at radius 2 is 1.55 bits per heavy atom. The summed E-state index contributed by atoms with van der Waals surface area (Å²) >= 11 is 0. The van der Waals surface area contributed by atoms with Crippen LogP contribution in [0.3, 0.4) is 0 Å². The molecule has 0 unspecified atom stereocenters. The minimum atomic E-state index is -3.91. The number of alkyl carbamates (subject to hydrolysis) is 1. The fraction of sp³-hybridized carbons (Fsp3) is 0.333. The van der Waals surface area contributed by atoms with Crippen molar-refractivity contribution in [2.75, 3.05) is 14.2 Å². The number of nitrogens with zero attached hydrogens (tertiary/aromatic N) is 1. The van der Waals surface area contributed by atoms with Gasteiger partial charge in [-0.25, -0.2) is 22.0 Å². The van der Waals surface area contributed by atoms with Crippen molar-refractivity contribution in [3.63, 3.8) is 0 Å². The summed E-state index contributed by atoms with van der Waals surface area (Å²) in [4.78, 5) is 25.0. The van der Waals surface area contributed by atoms with Crippen molar-refractivity contribution in [1.29, 1.82) is 0 Å². The number of aromatic nitrogens is 1. The molecule has 2 atom stereocenters. The fourth-order valence-corrected chi connectivity index (χ4v) is 5.46. The predicted octanol–water partition coefficient (Wildman–Crippen LogP) is 3.91. The number of fused-ring (bicyclic) bond motifs is 1. The zero-order valence-corrected chi connectivity index (χ0v) is 20.0. The van der Waals surface area contributed by atoms with Crippen molar-refractivity contribution in [1.82, 2.24) is 9.29 Å². The normalized spacial score (nSPS) is 13.8. The molecule has 0 saturated heterocycles. The molecular formula is C24H28N2O6S. The second-order valence-electron chi connectivity index (χ2n) is 8.70. The molecule has 8 nitrogen and oxygen atoms in total. The Kier molecular flexibility index (Phi) is 6.83. The Balaban J connectivity index is 2.30. The maximum absolute atomic E-state index is 13.5. The first-order valence-electron chi connectivity index (χ1n) is 10.3. The van der Waals surface area contributed by atoms with Gasteiger partial charge in [0.05, 0.1) is 24.6 Å². The minimum Gasteiger partial charge on any atom is -0.467 e. The highest BCUT2D eigenvalue weighted by molar-refractivity contribution is 7.90. The number of carbonyl (C=O) groups is 2. The minimum absolute atomic E-state index is 0.141. The lowest BCUT2D eigenvalue weighted by molar-refractivity contribution is -0.144. The molecule has 0 aliphatic carbocycles. The van der Waals surface area contributed by atoms with Crippen LogP contribution in [0.15, 0.2) is 65.7 Å². The zero-order valence-electron chi connectivity index (χ0n) is 19.2. The Hall–Kier alpha value is -3.33. The van der Waals surface area contributed by atoms with Crippen LogP contribution in [-0.2, 0) is 24.3 Å². The van der Waals surface area contributed by atoms with Gasteiger partial charge < -0.3 is 14.8 Å². The van der Waals surface area contributed by atoms with Gasteiger partial charge in [-0.3, -0.25) is 0 Å². The largest absolute Gasteiger partial charge is 0.467 e. The summed E-state index contributed by atoms with van der Waals surface area (Å²) in [7, 11) is -1.48. The molecule has 2 aromatic carbocycles. The molecule has 0 fully saturated rings. The van der Waals surface area contributed by atoms with Crippen LogP contribution in [0.1, 0.15) is 32.3 Å². The number of ether oxygens (including phenoxy) is 2. The van der Waals surface area contributed by atoms with Crippen molar-refractivity contribution in [3.05, 3.63) is 66.4 Å². The van der Waals surface area contributed by atoms with Crippen molar-refractivity contribution >= 4 is 33.0 Å². The molecule has 3 rings (SSSR count). The van der Waals surface area contributed by atoms with Crippen molar-refractivity contribution in [2.45, 2.75) is 37.6 Å². The maximum Gasteiger partial charge on any atom is 0.407 e. The third kappa shape index (κ3) is 4.73. The first-order chi connectivity index (χ1) is 15.5. The van der Waals surface area contributed by atoms with Crippen molar-refractivity contribution < 1.29 is 27.5 Å². The lowest BCUT2D eigenvalue weighted by atomic mass is 9.72. The second kappa shape index (κ2) is 9.27. The highest BCUT2D eigenvalue weighted by Crippen LogP contribution is 2.42. The Morgan fingerprint density at radius 1 is 0.939 bits per heavy atom. The van der Waals surface area contributed by atoms with Gasteiger partial charge in [-0.15, -0.1) is 0 Å². The molecule has 176 valence electrons. The molecule has 9 heteroatoms. The average Bonchev–Trinajstić information content (AvgIpc) is 3.17. The summed E-state index contributed by atoms with van der Waals surface area (Å²) in [5, 5.41) is 3.22. The van der Waals surface area contributed by atoms with Crippen LogP contribution in [-0.4, -0.2) is 44.7 Å². The second-order valence-corrected chi connectivity index (χ2v) is 10.5. The van der Waals surface area contributed by atoms with Crippen molar-refractivity contribution in [2.24, 2.45) is 5.41 Å². The quantitative estimate of drug-likeness (QED) is 0.546. The van der Waals surface area contributed by atoms with Crippen LogP contribution in [0.25, 0.3) is 10.9 Å². The first kappa shape index (κ1) is 24.3. The number of esters is 1. The Labute approximate surface area is 193 Å². The van der Waals surface area contributed by atoms with E-state index in [1.54, 1.807) is 42.5 Å². The van der Waals surface area contributed by atoms with Gasteiger partial charge in [0.1, 0.15) is 6.04 Å². The van der Waals surface area contributed by atoms with E-state index in [4.69, 9.17) is 9.47 Å². The van der Waals surface area contributed by atoms with Crippen LogP contribution in [0.5, 0.6) is 0 Å². The molecule has 0 saturated carbocycles. The molecule has 1 aromatic heterocycles. The van der Waals surface area contributed by atoms with Crippen molar-refractivity contribution in [3.8, 4) is 0 Å². The number of rotatable bonds is 6. The SMILES string of the molecule is COC(=O)N[C@H](C(=O)OC)[C@H](c1cn(S(=O)(=O)c2ccccc2)c2ccccc12)C(C)(C)C. The molecule has 0 spiro atoms. The Bertz CT molecular complexity index is 1260. The van der Waals surface area contributed by atoms with Gasteiger partial charge in [-0.05, 0) is 29.2 Å². The van der Waals surface area contributed by atoms with E-state index in [1.807, 2.05) is 20.8 Å². The smallest absolute Gasteiger partial charge is 0.407 e. The molecule has 33 heavy (non-hydrogen) atoms. The monoisotopic (exact) mass is 472 g/mol. The topological polar surface area (TPSA) is 104 Å². The average molecular weight is 473 g/mol. The summed E-state index contributed by atoms with van der Waals surface area (Å²) in [6, 6.07) is 14.1. The molecule has 0 aliphatic rings. The van der Waals surface area contributed by atoms with Gasteiger partial charge in [0.15, 0.2) is 0 Å². The molecule has 1 heterocycles. The number of para-hydroxylation sites is 1. The number of hydrogen-bond donors (Lipinski definition) is 1. The third-order valence-corrected chi connectivity index (χ3v) is 7.21. The van der Waals surface area contributed by atoms with E-state index in [0.29, 0.717) is 16.5 Å². The highest BCUT2D eigenvalue weighted by atomic mass is 32.2. The molecule has 0 aliphatic heterocycles. The lowest BCUT2D eigenvalue weighted by Gasteiger charge is -2.35. The molecular weight excluding hydrogens is 444 g/mol. The van der Waals surface area contributed by atoms with E-state index in [2.05, 4.69) is 5.32 Å². The van der Waals surface area contributed by atoms with Gasteiger partial charge in [-0.1, -0.05) is 57.2 Å². The number of amides is 1. The number of hydrogen-bond acceptors (Lipinski definition) is 6. The standard InChI is InChI=1S/C24H28N2O6S/c1-24(2,3)20(21(22(27)31-4)25-23(28)32-5)18-15-26(19-14-10-9-13-17(18)19)33(29,30)16-11-7-6-8-12-16/h6-15,20-21H,1-5H3,(H,25,28)/t20-,21-/m0/s1. The summed E-state index contributed by atoms with van der Waals surface area (Å²) in [5.74, 6) is -1.30. The number of nitrogens with one attached hydrogen (secondary N) is 1. The summed E-state index contributed by atoms with van der Waals surface area (Å²) in [6.07, 6.45) is 0.734. The number of methoxy groups -OCH3 is 2. The van der Waals surface area contributed by atoms with E-state index in [0.717, 1.165) is 0 Å². The van der Waals surface area contributed by atoms with Gasteiger partial charge >= 0.3 is 12.1 Å². The molecule has 0 bridgehead atoms. The summed E-state index contributed by atoms with van der Waals surface area (Å²) < 4.78 is 37.9. The highest BCUT2D eigenvalue weighted by Gasteiger charge is 2.42.